The standard InChI is InChI=1S/C14H16BrFN2O3/c15-7-6-10-3-1-2-8-17(10)14(19)12-5-4-11(18(20)21)9-13(12)16/h4-5,9-10H,1-3,6-8H2. The van der Waals surface area contributed by atoms with Crippen molar-refractivity contribution in [3.8, 4) is 0 Å². The average Bonchev–Trinajstić information content (AvgIpc) is 2.47. The van der Waals surface area contributed by atoms with E-state index in [1.807, 2.05) is 0 Å². The van der Waals surface area contributed by atoms with Crippen molar-refractivity contribution in [2.45, 2.75) is 31.7 Å². The molecule has 0 aromatic heterocycles. The minimum Gasteiger partial charge on any atom is -0.336 e. The summed E-state index contributed by atoms with van der Waals surface area (Å²) in [5.74, 6) is -1.22. The summed E-state index contributed by atoms with van der Waals surface area (Å²) < 4.78 is 14.0. The van der Waals surface area contributed by atoms with Gasteiger partial charge < -0.3 is 4.90 Å². The predicted molar refractivity (Wildman–Crippen MR) is 80.1 cm³/mol. The molecule has 1 aliphatic rings. The maximum atomic E-state index is 14.0. The molecule has 21 heavy (non-hydrogen) atoms. The lowest BCUT2D eigenvalue weighted by molar-refractivity contribution is -0.385. The second-order valence-corrected chi connectivity index (χ2v) is 5.84. The minimum absolute atomic E-state index is 0.0953. The molecule has 0 bridgehead atoms. The monoisotopic (exact) mass is 358 g/mol. The Labute approximate surface area is 130 Å². The number of piperidine rings is 1. The molecule has 5 nitrogen and oxygen atoms in total. The zero-order chi connectivity index (χ0) is 15.4. The van der Waals surface area contributed by atoms with E-state index in [4.69, 9.17) is 0 Å². The molecule has 0 N–H and O–H groups in total. The van der Waals surface area contributed by atoms with Crippen LogP contribution in [0.25, 0.3) is 0 Å². The van der Waals surface area contributed by atoms with Gasteiger partial charge in [-0.1, -0.05) is 15.9 Å². The van der Waals surface area contributed by atoms with E-state index >= 15 is 0 Å². The molecular formula is C14H16BrFN2O3. The summed E-state index contributed by atoms with van der Waals surface area (Å²) in [6.45, 7) is 0.604. The molecular weight excluding hydrogens is 343 g/mol. The van der Waals surface area contributed by atoms with Gasteiger partial charge in [0.2, 0.25) is 0 Å². The van der Waals surface area contributed by atoms with Gasteiger partial charge in [0.25, 0.3) is 11.6 Å². The highest BCUT2D eigenvalue weighted by molar-refractivity contribution is 9.09. The third-order valence-electron chi connectivity index (χ3n) is 3.72. The van der Waals surface area contributed by atoms with Crippen LogP contribution in [0.15, 0.2) is 18.2 Å². The lowest BCUT2D eigenvalue weighted by atomic mass is 9.98. The van der Waals surface area contributed by atoms with Gasteiger partial charge in [-0.15, -0.1) is 0 Å². The van der Waals surface area contributed by atoms with Crippen LogP contribution >= 0.6 is 15.9 Å². The third-order valence-corrected chi connectivity index (χ3v) is 4.18. The number of nitro groups is 1. The molecule has 1 fully saturated rings. The van der Waals surface area contributed by atoms with E-state index in [1.165, 1.54) is 12.1 Å². The molecule has 0 aliphatic carbocycles. The molecule has 0 spiro atoms. The quantitative estimate of drug-likeness (QED) is 0.470. The average molecular weight is 359 g/mol. The number of halogens is 2. The van der Waals surface area contributed by atoms with Gasteiger partial charge in [0.1, 0.15) is 5.82 Å². The van der Waals surface area contributed by atoms with Gasteiger partial charge in [0.15, 0.2) is 0 Å². The number of carbonyl (C=O) groups excluding carboxylic acids is 1. The van der Waals surface area contributed by atoms with Gasteiger partial charge >= 0.3 is 0 Å². The first kappa shape index (κ1) is 15.9. The molecule has 1 saturated heterocycles. The molecule has 114 valence electrons. The van der Waals surface area contributed by atoms with E-state index in [0.717, 1.165) is 37.1 Å². The number of nitro benzene ring substituents is 1. The van der Waals surface area contributed by atoms with Crippen molar-refractivity contribution in [2.24, 2.45) is 0 Å². The molecule has 1 amide bonds. The maximum absolute atomic E-state index is 14.0. The highest BCUT2D eigenvalue weighted by atomic mass is 79.9. The first-order valence-electron chi connectivity index (χ1n) is 6.85. The van der Waals surface area contributed by atoms with Gasteiger partial charge in [0.05, 0.1) is 16.6 Å². The van der Waals surface area contributed by atoms with Gasteiger partial charge in [-0.3, -0.25) is 14.9 Å². The molecule has 1 aromatic carbocycles. The number of amides is 1. The number of nitrogens with zero attached hydrogens (tertiary/aromatic N) is 2. The first-order valence-corrected chi connectivity index (χ1v) is 7.97. The van der Waals surface area contributed by atoms with Crippen LogP contribution in [0.3, 0.4) is 0 Å². The summed E-state index contributed by atoms with van der Waals surface area (Å²) in [6.07, 6.45) is 3.69. The van der Waals surface area contributed by atoms with Crippen LogP contribution in [-0.4, -0.2) is 33.6 Å². The highest BCUT2D eigenvalue weighted by Gasteiger charge is 2.29. The molecule has 1 heterocycles. The van der Waals surface area contributed by atoms with E-state index < -0.39 is 10.7 Å². The molecule has 1 aromatic rings. The molecule has 0 radical (unpaired) electrons. The van der Waals surface area contributed by atoms with Crippen molar-refractivity contribution < 1.29 is 14.1 Å². The van der Waals surface area contributed by atoms with Crippen LogP contribution in [0.4, 0.5) is 10.1 Å². The Balaban J connectivity index is 2.23. The summed E-state index contributed by atoms with van der Waals surface area (Å²) >= 11 is 3.37. The van der Waals surface area contributed by atoms with Crippen molar-refractivity contribution in [1.82, 2.24) is 4.90 Å². The van der Waals surface area contributed by atoms with Crippen LogP contribution in [0.2, 0.25) is 0 Å². The van der Waals surface area contributed by atoms with Gasteiger partial charge in [-0.25, -0.2) is 4.39 Å². The SMILES string of the molecule is O=C(c1ccc([N+](=O)[O-])cc1F)N1CCCCC1CCBr. The molecule has 0 saturated carbocycles. The third kappa shape index (κ3) is 3.58. The fourth-order valence-electron chi connectivity index (χ4n) is 2.64. The predicted octanol–water partition coefficient (Wildman–Crippen LogP) is 3.51. The molecule has 1 aliphatic heterocycles. The topological polar surface area (TPSA) is 63.4 Å². The summed E-state index contributed by atoms with van der Waals surface area (Å²) in [4.78, 5) is 24.1. The lowest BCUT2D eigenvalue weighted by Crippen LogP contribution is -2.44. The van der Waals surface area contributed by atoms with Crippen LogP contribution in [0.5, 0.6) is 0 Å². The Kier molecular flexibility index (Phi) is 5.27. The number of alkyl halides is 1. The van der Waals surface area contributed by atoms with E-state index in [9.17, 15) is 19.3 Å². The Bertz CT molecular complexity index is 551. The summed E-state index contributed by atoms with van der Waals surface area (Å²) in [7, 11) is 0. The molecule has 1 unspecified atom stereocenters. The summed E-state index contributed by atoms with van der Waals surface area (Å²) in [5, 5.41) is 11.4. The Morgan fingerprint density at radius 3 is 2.86 bits per heavy atom. The second kappa shape index (κ2) is 6.98. The highest BCUT2D eigenvalue weighted by Crippen LogP contribution is 2.24. The van der Waals surface area contributed by atoms with Crippen LogP contribution in [0, 0.1) is 15.9 Å². The Morgan fingerprint density at radius 2 is 2.24 bits per heavy atom. The number of benzene rings is 1. The molecule has 7 heteroatoms. The van der Waals surface area contributed by atoms with Gasteiger partial charge in [0, 0.05) is 24.0 Å². The zero-order valence-electron chi connectivity index (χ0n) is 11.4. The number of likely N-dealkylation sites (tertiary alicyclic amines) is 1. The number of hydrogen-bond acceptors (Lipinski definition) is 3. The van der Waals surface area contributed by atoms with Gasteiger partial charge in [-0.05, 0) is 31.7 Å². The van der Waals surface area contributed by atoms with Crippen LogP contribution in [-0.2, 0) is 0 Å². The maximum Gasteiger partial charge on any atom is 0.272 e. The summed E-state index contributed by atoms with van der Waals surface area (Å²) in [6, 6.07) is 3.27. The van der Waals surface area contributed by atoms with Crippen molar-refractivity contribution in [2.75, 3.05) is 11.9 Å². The number of rotatable bonds is 4. The van der Waals surface area contributed by atoms with Crippen LogP contribution in [0.1, 0.15) is 36.0 Å². The zero-order valence-corrected chi connectivity index (χ0v) is 13.0. The number of carbonyl (C=O) groups is 1. The summed E-state index contributed by atoms with van der Waals surface area (Å²) in [5.41, 5.74) is -0.443. The van der Waals surface area contributed by atoms with E-state index in [1.54, 1.807) is 4.90 Å². The number of non-ortho nitro benzene ring substituents is 1. The Morgan fingerprint density at radius 1 is 1.48 bits per heavy atom. The first-order chi connectivity index (χ1) is 10.0. The van der Waals surface area contributed by atoms with E-state index in [2.05, 4.69) is 15.9 Å². The molecule has 1 atom stereocenters. The smallest absolute Gasteiger partial charge is 0.272 e. The van der Waals surface area contributed by atoms with Crippen molar-refractivity contribution >= 4 is 27.5 Å². The van der Waals surface area contributed by atoms with E-state index in [-0.39, 0.29) is 23.2 Å². The largest absolute Gasteiger partial charge is 0.336 e. The lowest BCUT2D eigenvalue weighted by Gasteiger charge is -2.35. The normalized spacial score (nSPS) is 18.6. The fraction of sp³-hybridized carbons (Fsp3) is 0.500. The van der Waals surface area contributed by atoms with Crippen molar-refractivity contribution in [3.05, 3.63) is 39.7 Å². The second-order valence-electron chi connectivity index (χ2n) is 5.05. The molecule has 2 rings (SSSR count). The number of hydrogen-bond donors (Lipinski definition) is 0. The Hall–Kier alpha value is -1.50. The van der Waals surface area contributed by atoms with Crippen molar-refractivity contribution in [1.29, 1.82) is 0 Å². The van der Waals surface area contributed by atoms with Crippen LogP contribution < -0.4 is 0 Å². The van der Waals surface area contributed by atoms with Crippen molar-refractivity contribution in [3.63, 3.8) is 0 Å². The minimum atomic E-state index is -0.836. The van der Waals surface area contributed by atoms with E-state index in [0.29, 0.717) is 6.54 Å². The fourth-order valence-corrected chi connectivity index (χ4v) is 3.17. The van der Waals surface area contributed by atoms with Gasteiger partial charge in [-0.2, -0.15) is 0 Å².